The van der Waals surface area contributed by atoms with Gasteiger partial charge in [-0.05, 0) is 20.0 Å². The first kappa shape index (κ1) is 14.2. The summed E-state index contributed by atoms with van der Waals surface area (Å²) in [5.41, 5.74) is 1.71. The molecule has 0 saturated heterocycles. The average Bonchev–Trinajstić information content (AvgIpc) is 2.97. The van der Waals surface area contributed by atoms with Crippen LogP contribution in [0.2, 0.25) is 0 Å². The van der Waals surface area contributed by atoms with Crippen LogP contribution in [-0.2, 0) is 23.1 Å². The molecule has 0 amide bonds. The molecule has 2 aromatic heterocycles. The summed E-state index contributed by atoms with van der Waals surface area (Å²) in [6, 6.07) is 1.69. The van der Waals surface area contributed by atoms with Crippen LogP contribution in [0.5, 0.6) is 0 Å². The van der Waals surface area contributed by atoms with E-state index in [4.69, 9.17) is 0 Å². The van der Waals surface area contributed by atoms with Crippen molar-refractivity contribution >= 4 is 21.4 Å². The number of aryl methyl sites for hydroxylation is 1. The van der Waals surface area contributed by atoms with Gasteiger partial charge in [0.25, 0.3) is 0 Å². The molecule has 0 aliphatic carbocycles. The Kier molecular flexibility index (Phi) is 4.35. The van der Waals surface area contributed by atoms with Gasteiger partial charge < -0.3 is 5.32 Å². The van der Waals surface area contributed by atoms with Crippen molar-refractivity contribution in [2.24, 2.45) is 0 Å². The van der Waals surface area contributed by atoms with E-state index < -0.39 is 10.0 Å². The van der Waals surface area contributed by atoms with E-state index in [1.807, 2.05) is 14.0 Å². The summed E-state index contributed by atoms with van der Waals surface area (Å²) in [6.45, 7) is 2.76. The van der Waals surface area contributed by atoms with Crippen LogP contribution in [0.1, 0.15) is 16.1 Å². The highest BCUT2D eigenvalue weighted by atomic mass is 32.2. The lowest BCUT2D eigenvalue weighted by molar-refractivity contribution is 0.581. The normalized spacial score (nSPS) is 11.9. The van der Waals surface area contributed by atoms with Crippen molar-refractivity contribution in [2.45, 2.75) is 24.9 Å². The molecule has 0 aromatic carbocycles. The quantitative estimate of drug-likeness (QED) is 0.742. The van der Waals surface area contributed by atoms with Crippen LogP contribution in [0.15, 0.2) is 22.5 Å². The van der Waals surface area contributed by atoms with Gasteiger partial charge in [-0.2, -0.15) is 5.10 Å². The zero-order valence-corrected chi connectivity index (χ0v) is 12.4. The maximum atomic E-state index is 12.1. The molecule has 0 radical (unpaired) electrons. The number of H-pyrrole nitrogens is 1. The topological polar surface area (TPSA) is 86.9 Å². The zero-order valence-electron chi connectivity index (χ0n) is 10.7. The van der Waals surface area contributed by atoms with Gasteiger partial charge in [0, 0.05) is 34.6 Å². The number of sulfonamides is 1. The maximum Gasteiger partial charge on any atom is 0.241 e. The molecule has 2 rings (SSSR count). The highest BCUT2D eigenvalue weighted by Gasteiger charge is 2.16. The van der Waals surface area contributed by atoms with Gasteiger partial charge in [-0.1, -0.05) is 0 Å². The number of nitrogens with one attached hydrogen (secondary N) is 3. The second-order valence-electron chi connectivity index (χ2n) is 4.12. The Bertz CT molecular complexity index is 645. The van der Waals surface area contributed by atoms with Crippen molar-refractivity contribution < 1.29 is 8.42 Å². The van der Waals surface area contributed by atoms with Crippen LogP contribution in [0.25, 0.3) is 0 Å². The Hall–Kier alpha value is -1.22. The first-order valence-electron chi connectivity index (χ1n) is 5.73. The fraction of sp³-hybridized carbons (Fsp3) is 0.364. The third-order valence-electron chi connectivity index (χ3n) is 2.68. The minimum atomic E-state index is -3.46. The van der Waals surface area contributed by atoms with Crippen LogP contribution in [0.4, 0.5) is 0 Å². The van der Waals surface area contributed by atoms with Gasteiger partial charge in [0.2, 0.25) is 10.0 Å². The van der Waals surface area contributed by atoms with Gasteiger partial charge in [-0.25, -0.2) is 13.1 Å². The summed E-state index contributed by atoms with van der Waals surface area (Å²) >= 11 is 1.43. The van der Waals surface area contributed by atoms with E-state index in [1.54, 1.807) is 17.6 Å². The molecule has 2 aromatic rings. The first-order valence-corrected chi connectivity index (χ1v) is 8.09. The Morgan fingerprint density at radius 1 is 1.42 bits per heavy atom. The third kappa shape index (κ3) is 3.41. The molecular formula is C11H16N4O2S2. The van der Waals surface area contributed by atoms with Crippen molar-refractivity contribution in [1.82, 2.24) is 20.2 Å². The average molecular weight is 300 g/mol. The number of thiophene rings is 1. The molecule has 0 aliphatic heterocycles. The third-order valence-corrected chi connectivity index (χ3v) is 5.14. The van der Waals surface area contributed by atoms with Gasteiger partial charge >= 0.3 is 0 Å². The molecular weight excluding hydrogens is 284 g/mol. The van der Waals surface area contributed by atoms with E-state index in [0.29, 0.717) is 11.4 Å². The fourth-order valence-electron chi connectivity index (χ4n) is 1.58. The Balaban J connectivity index is 2.07. The molecule has 0 fully saturated rings. The molecule has 0 spiro atoms. The molecule has 6 nitrogen and oxygen atoms in total. The summed E-state index contributed by atoms with van der Waals surface area (Å²) in [5.74, 6) is 0. The van der Waals surface area contributed by atoms with Crippen LogP contribution in [0, 0.1) is 6.92 Å². The van der Waals surface area contributed by atoms with Crippen molar-refractivity contribution in [3.8, 4) is 0 Å². The van der Waals surface area contributed by atoms with Crippen molar-refractivity contribution in [3.63, 3.8) is 0 Å². The number of rotatable bonds is 6. The lowest BCUT2D eigenvalue weighted by atomic mass is 10.3. The molecule has 0 saturated carbocycles. The minimum Gasteiger partial charge on any atom is -0.315 e. The highest BCUT2D eigenvalue weighted by molar-refractivity contribution is 7.89. The van der Waals surface area contributed by atoms with E-state index in [0.717, 1.165) is 16.1 Å². The monoisotopic (exact) mass is 300 g/mol. The lowest BCUT2D eigenvalue weighted by Crippen LogP contribution is -2.23. The Morgan fingerprint density at radius 3 is 2.84 bits per heavy atom. The molecule has 8 heteroatoms. The summed E-state index contributed by atoms with van der Waals surface area (Å²) in [4.78, 5) is 1.30. The number of hydrogen-bond acceptors (Lipinski definition) is 5. The Morgan fingerprint density at radius 2 is 2.21 bits per heavy atom. The molecule has 3 N–H and O–H groups in total. The lowest BCUT2D eigenvalue weighted by Gasteiger charge is -2.04. The van der Waals surface area contributed by atoms with Gasteiger partial charge in [0.05, 0.1) is 11.1 Å². The highest BCUT2D eigenvalue weighted by Crippen LogP contribution is 2.19. The molecule has 0 bridgehead atoms. The van der Waals surface area contributed by atoms with Crippen molar-refractivity contribution in [3.05, 3.63) is 33.8 Å². The zero-order chi connectivity index (χ0) is 13.9. The molecule has 0 aliphatic rings. The maximum absolute atomic E-state index is 12.1. The van der Waals surface area contributed by atoms with Crippen LogP contribution < -0.4 is 10.0 Å². The molecule has 2 heterocycles. The minimum absolute atomic E-state index is 0.238. The summed E-state index contributed by atoms with van der Waals surface area (Å²) in [5, 5.41) is 11.3. The summed E-state index contributed by atoms with van der Waals surface area (Å²) in [6.07, 6.45) is 1.62. The van der Waals surface area contributed by atoms with E-state index in [-0.39, 0.29) is 6.54 Å². The second kappa shape index (κ2) is 5.83. The number of aromatic nitrogens is 2. The largest absolute Gasteiger partial charge is 0.315 e. The number of nitrogens with zero attached hydrogens (tertiary/aromatic N) is 1. The van der Waals surface area contributed by atoms with Gasteiger partial charge in [-0.15, -0.1) is 11.3 Å². The van der Waals surface area contributed by atoms with Crippen molar-refractivity contribution in [1.29, 1.82) is 0 Å². The predicted molar refractivity (Wildman–Crippen MR) is 74.4 cm³/mol. The Labute approximate surface area is 116 Å². The summed E-state index contributed by atoms with van der Waals surface area (Å²) in [7, 11) is -1.63. The van der Waals surface area contributed by atoms with E-state index in [2.05, 4.69) is 20.2 Å². The van der Waals surface area contributed by atoms with E-state index in [1.165, 1.54) is 11.3 Å². The van der Waals surface area contributed by atoms with Crippen LogP contribution in [0.3, 0.4) is 0 Å². The standard InChI is InChI=1S/C11H16N4O2S2/c1-8-9(4-13-15-8)5-14-19(16,17)11-3-10(6-12-2)18-7-11/h3-4,7,12,14H,5-6H2,1-2H3,(H,13,15). The molecule has 19 heavy (non-hydrogen) atoms. The molecule has 0 unspecified atom stereocenters. The fourth-order valence-corrected chi connectivity index (χ4v) is 3.87. The number of hydrogen-bond donors (Lipinski definition) is 3. The SMILES string of the molecule is CNCc1cc(S(=O)(=O)NCc2cn[nH]c2C)cs1. The predicted octanol–water partition coefficient (Wildman–Crippen LogP) is 0.978. The second-order valence-corrected chi connectivity index (χ2v) is 6.89. The van der Waals surface area contributed by atoms with E-state index in [9.17, 15) is 8.42 Å². The van der Waals surface area contributed by atoms with Crippen molar-refractivity contribution in [2.75, 3.05) is 7.05 Å². The van der Waals surface area contributed by atoms with Gasteiger partial charge in [0.1, 0.15) is 0 Å². The first-order chi connectivity index (χ1) is 9.03. The van der Waals surface area contributed by atoms with Gasteiger partial charge in [0.15, 0.2) is 0 Å². The molecule has 0 atom stereocenters. The van der Waals surface area contributed by atoms with E-state index >= 15 is 0 Å². The molecule has 104 valence electrons. The summed E-state index contributed by atoms with van der Waals surface area (Å²) < 4.78 is 26.8. The smallest absolute Gasteiger partial charge is 0.241 e. The number of aromatic amines is 1. The van der Waals surface area contributed by atoms with Crippen LogP contribution >= 0.6 is 11.3 Å². The van der Waals surface area contributed by atoms with Crippen LogP contribution in [-0.4, -0.2) is 25.7 Å². The van der Waals surface area contributed by atoms with Gasteiger partial charge in [-0.3, -0.25) is 5.10 Å².